The van der Waals surface area contributed by atoms with Crippen molar-refractivity contribution in [2.75, 3.05) is 0 Å². The second-order valence-electron chi connectivity index (χ2n) is 1.01. The summed E-state index contributed by atoms with van der Waals surface area (Å²) in [5, 5.41) is 6.89. The van der Waals surface area contributed by atoms with Crippen molar-refractivity contribution in [3.05, 3.63) is 0 Å². The van der Waals surface area contributed by atoms with Crippen LogP contribution in [0.5, 0.6) is 0 Å². The number of carbonyl (C=O) groups excluding carboxylic acids is 1. The summed E-state index contributed by atoms with van der Waals surface area (Å²) >= 11 is 0. The van der Waals surface area contributed by atoms with Crippen molar-refractivity contribution in [1.82, 2.24) is 0 Å². The lowest BCUT2D eigenvalue weighted by Gasteiger charge is -1.56. The first-order chi connectivity index (χ1) is 3.15. The number of hydrogen-bond donors (Lipinski definition) is 1. The number of hydrogen-bond acceptors (Lipinski definition) is 2. The van der Waals surface area contributed by atoms with Gasteiger partial charge < -0.3 is 15.4 Å². The summed E-state index contributed by atoms with van der Waals surface area (Å²) < 4.78 is 0. The van der Waals surface area contributed by atoms with Crippen LogP contribution in [0.1, 0.15) is 13.8 Å². The summed E-state index contributed by atoms with van der Waals surface area (Å²) in [5.41, 5.74) is 0. The van der Waals surface area contributed by atoms with Gasteiger partial charge in [-0.1, -0.05) is 0 Å². The molecule has 0 aliphatic rings. The zero-order chi connectivity index (χ0) is 6.28. The fourth-order valence-electron chi connectivity index (χ4n) is 0. The number of rotatable bonds is 0. The summed E-state index contributed by atoms with van der Waals surface area (Å²) in [7, 11) is 0. The average molecular weight is 122 g/mol. The van der Waals surface area contributed by atoms with E-state index in [0.29, 0.717) is 0 Å². The average Bonchev–Trinajstić information content (AvgIpc) is 1.33. The first-order valence-corrected chi connectivity index (χ1v) is 1.70. The lowest BCUT2D eigenvalue weighted by Crippen LogP contribution is -1.69. The maximum Gasteiger partial charge on any atom is 0.290 e. The van der Waals surface area contributed by atoms with Gasteiger partial charge in [0.1, 0.15) is 5.78 Å². The quantitative estimate of drug-likeness (QED) is 0.438. The summed E-state index contributed by atoms with van der Waals surface area (Å²) in [6.45, 7) is 2.81. The first-order valence-electron chi connectivity index (χ1n) is 1.70. The Morgan fingerprint density at radius 2 is 1.50 bits per heavy atom. The monoisotopic (exact) mass is 122 g/mol. The standard InChI is InChI=1S/C3H6O.CH2O2.H2O/c1-3(2)4;2-1-3;/h1-2H3;1H,(H,2,3);1H2. The van der Waals surface area contributed by atoms with Crippen LogP contribution in [0.3, 0.4) is 0 Å². The highest BCUT2D eigenvalue weighted by Gasteiger charge is 1.62. The van der Waals surface area contributed by atoms with Crippen LogP contribution in [-0.2, 0) is 9.59 Å². The van der Waals surface area contributed by atoms with Gasteiger partial charge in [-0.2, -0.15) is 0 Å². The van der Waals surface area contributed by atoms with E-state index in [0.717, 1.165) is 0 Å². The van der Waals surface area contributed by atoms with Crippen LogP contribution >= 0.6 is 0 Å². The van der Waals surface area contributed by atoms with Crippen molar-refractivity contribution in [3.8, 4) is 0 Å². The lowest BCUT2D eigenvalue weighted by molar-refractivity contribution is -0.123. The minimum Gasteiger partial charge on any atom is -0.483 e. The predicted molar refractivity (Wildman–Crippen MR) is 28.7 cm³/mol. The minimum atomic E-state index is -0.250. The molecule has 0 unspecified atom stereocenters. The summed E-state index contributed by atoms with van der Waals surface area (Å²) in [4.78, 5) is 17.8. The van der Waals surface area contributed by atoms with Crippen molar-refractivity contribution < 1.29 is 20.2 Å². The second kappa shape index (κ2) is 16.5. The summed E-state index contributed by atoms with van der Waals surface area (Å²) in [5.74, 6) is 0.167. The second-order valence-corrected chi connectivity index (χ2v) is 1.01. The lowest BCUT2D eigenvalue weighted by atomic mass is 10.6. The van der Waals surface area contributed by atoms with Gasteiger partial charge in [0.2, 0.25) is 0 Å². The molecule has 0 aliphatic carbocycles. The Balaban J connectivity index is -0.0000000575. The molecular formula is C4H10O4. The largest absolute Gasteiger partial charge is 0.483 e. The van der Waals surface area contributed by atoms with Gasteiger partial charge in [-0.05, 0) is 13.8 Å². The van der Waals surface area contributed by atoms with Gasteiger partial charge in [0.15, 0.2) is 0 Å². The van der Waals surface area contributed by atoms with Crippen LogP contribution in [0.2, 0.25) is 0 Å². The fourth-order valence-corrected chi connectivity index (χ4v) is 0. The van der Waals surface area contributed by atoms with Crippen molar-refractivity contribution in [3.63, 3.8) is 0 Å². The van der Waals surface area contributed by atoms with Crippen molar-refractivity contribution in [1.29, 1.82) is 0 Å². The van der Waals surface area contributed by atoms with Crippen LogP contribution in [0.25, 0.3) is 0 Å². The molecule has 0 aromatic rings. The van der Waals surface area contributed by atoms with E-state index in [1.54, 1.807) is 0 Å². The van der Waals surface area contributed by atoms with Crippen molar-refractivity contribution >= 4 is 12.3 Å². The van der Waals surface area contributed by atoms with Crippen LogP contribution in [0.4, 0.5) is 0 Å². The molecule has 50 valence electrons. The van der Waals surface area contributed by atoms with E-state index in [4.69, 9.17) is 9.90 Å². The Hall–Kier alpha value is -0.900. The Labute approximate surface area is 47.4 Å². The van der Waals surface area contributed by atoms with E-state index in [2.05, 4.69) is 0 Å². The molecule has 3 N–H and O–H groups in total. The van der Waals surface area contributed by atoms with Crippen LogP contribution in [0.15, 0.2) is 0 Å². The number of carboxylic acid groups (broad SMARTS) is 1. The molecule has 0 rings (SSSR count). The van der Waals surface area contributed by atoms with E-state index < -0.39 is 0 Å². The highest BCUT2D eigenvalue weighted by Crippen LogP contribution is 1.50. The van der Waals surface area contributed by atoms with E-state index in [9.17, 15) is 4.79 Å². The highest BCUT2D eigenvalue weighted by molar-refractivity contribution is 5.72. The van der Waals surface area contributed by atoms with Gasteiger partial charge in [0.25, 0.3) is 6.47 Å². The molecule has 0 heterocycles. The third-order valence-electron chi connectivity index (χ3n) is 0. The van der Waals surface area contributed by atoms with Gasteiger partial charge in [-0.3, -0.25) is 4.79 Å². The van der Waals surface area contributed by atoms with Crippen LogP contribution in [0, 0.1) is 0 Å². The topological polar surface area (TPSA) is 85.9 Å². The molecule has 0 aliphatic heterocycles. The normalized spacial score (nSPS) is 4.75. The van der Waals surface area contributed by atoms with Crippen molar-refractivity contribution in [2.45, 2.75) is 13.8 Å². The Morgan fingerprint density at radius 1 is 1.50 bits per heavy atom. The highest BCUT2D eigenvalue weighted by atomic mass is 16.3. The molecule has 0 radical (unpaired) electrons. The van der Waals surface area contributed by atoms with Gasteiger partial charge in [-0.25, -0.2) is 0 Å². The van der Waals surface area contributed by atoms with E-state index in [-0.39, 0.29) is 17.7 Å². The molecular weight excluding hydrogens is 112 g/mol. The third kappa shape index (κ3) is 106. The maximum atomic E-state index is 9.44. The van der Waals surface area contributed by atoms with Gasteiger partial charge in [0, 0.05) is 0 Å². The molecule has 0 fully saturated rings. The molecule has 0 aromatic heterocycles. The van der Waals surface area contributed by atoms with Gasteiger partial charge >= 0.3 is 0 Å². The summed E-state index contributed by atoms with van der Waals surface area (Å²) in [6.07, 6.45) is 0. The molecule has 0 aromatic carbocycles. The first kappa shape index (κ1) is 15.7. The molecule has 0 saturated carbocycles. The van der Waals surface area contributed by atoms with Crippen molar-refractivity contribution in [2.24, 2.45) is 0 Å². The maximum absolute atomic E-state index is 9.44. The predicted octanol–water partition coefficient (Wildman–Crippen LogP) is -0.529. The Bertz CT molecular complexity index is 55.1. The smallest absolute Gasteiger partial charge is 0.290 e. The van der Waals surface area contributed by atoms with E-state index in [1.807, 2.05) is 0 Å². The molecule has 4 heteroatoms. The molecule has 0 bridgehead atoms. The Morgan fingerprint density at radius 3 is 1.50 bits per heavy atom. The van der Waals surface area contributed by atoms with Crippen LogP contribution in [-0.4, -0.2) is 22.8 Å². The van der Waals surface area contributed by atoms with Crippen LogP contribution < -0.4 is 0 Å². The summed E-state index contributed by atoms with van der Waals surface area (Å²) in [6, 6.07) is 0. The molecule has 8 heavy (non-hydrogen) atoms. The SMILES string of the molecule is CC(C)=O.O.O=CO. The minimum absolute atomic E-state index is 0. The van der Waals surface area contributed by atoms with E-state index in [1.165, 1.54) is 13.8 Å². The number of Topliss-reactive ketones (excluding diaryl/α,β-unsaturated/α-hetero) is 1. The number of ketones is 1. The zero-order valence-electron chi connectivity index (χ0n) is 4.84. The molecule has 0 atom stereocenters. The molecule has 4 nitrogen and oxygen atoms in total. The van der Waals surface area contributed by atoms with Gasteiger partial charge in [0.05, 0.1) is 0 Å². The molecule has 0 amide bonds. The van der Waals surface area contributed by atoms with E-state index >= 15 is 0 Å². The number of carbonyl (C=O) groups is 2. The Kier molecular flexibility index (Phi) is 32.4. The fraction of sp³-hybridized carbons (Fsp3) is 0.500. The third-order valence-corrected chi connectivity index (χ3v) is 0. The van der Waals surface area contributed by atoms with Gasteiger partial charge in [-0.15, -0.1) is 0 Å². The molecule has 0 spiro atoms. The molecule has 0 saturated heterocycles. The zero-order valence-corrected chi connectivity index (χ0v) is 4.84.